The summed E-state index contributed by atoms with van der Waals surface area (Å²) in [7, 11) is 0. The van der Waals surface area contributed by atoms with E-state index in [1.54, 1.807) is 10.6 Å². The summed E-state index contributed by atoms with van der Waals surface area (Å²) in [6.07, 6.45) is 2.08. The predicted octanol–water partition coefficient (Wildman–Crippen LogP) is 4.55. The van der Waals surface area contributed by atoms with Gasteiger partial charge in [0.1, 0.15) is 11.0 Å². The van der Waals surface area contributed by atoms with E-state index in [4.69, 9.17) is 16.0 Å². The van der Waals surface area contributed by atoms with Crippen LogP contribution in [0.15, 0.2) is 64.0 Å². The Bertz CT molecular complexity index is 1370. The Hall–Kier alpha value is -2.83. The zero-order valence-corrected chi connectivity index (χ0v) is 16.8. The molecular formula is C22H15ClN2O3S. The van der Waals surface area contributed by atoms with Crippen LogP contribution in [0.25, 0.3) is 11.0 Å². The lowest BCUT2D eigenvalue weighted by Crippen LogP contribution is -2.40. The number of anilines is 1. The largest absolute Gasteiger partial charge is 0.464 e. The van der Waals surface area contributed by atoms with Gasteiger partial charge in [-0.05, 0) is 36.2 Å². The van der Waals surface area contributed by atoms with Crippen molar-refractivity contribution in [3.63, 3.8) is 0 Å². The number of furan rings is 1. The molecule has 0 radical (unpaired) electrons. The van der Waals surface area contributed by atoms with Crippen LogP contribution in [0, 0.1) is 0 Å². The van der Waals surface area contributed by atoms with E-state index in [-0.39, 0.29) is 11.5 Å². The number of benzene rings is 1. The summed E-state index contributed by atoms with van der Waals surface area (Å²) in [6, 6.07) is 15.2. The number of fused-ring (bicyclic) bond motifs is 5. The summed E-state index contributed by atoms with van der Waals surface area (Å²) < 4.78 is 7.96. The van der Waals surface area contributed by atoms with Gasteiger partial charge in [-0.1, -0.05) is 29.8 Å². The highest BCUT2D eigenvalue weighted by Gasteiger charge is 2.56. The molecule has 5 heterocycles. The molecule has 1 amide bonds. The molecule has 1 atom stereocenters. The van der Waals surface area contributed by atoms with Crippen molar-refractivity contribution in [1.82, 2.24) is 4.57 Å². The van der Waals surface area contributed by atoms with Crippen LogP contribution in [0.4, 0.5) is 5.69 Å². The van der Waals surface area contributed by atoms with Crippen LogP contribution in [0.5, 0.6) is 0 Å². The van der Waals surface area contributed by atoms with Gasteiger partial charge in [-0.25, -0.2) is 0 Å². The van der Waals surface area contributed by atoms with E-state index in [0.29, 0.717) is 40.5 Å². The van der Waals surface area contributed by atoms with Gasteiger partial charge in [0.25, 0.3) is 5.56 Å². The van der Waals surface area contributed by atoms with Crippen molar-refractivity contribution in [2.24, 2.45) is 0 Å². The van der Waals surface area contributed by atoms with E-state index in [1.165, 1.54) is 17.6 Å². The first-order valence-corrected chi connectivity index (χ1v) is 10.6. The quantitative estimate of drug-likeness (QED) is 0.476. The topological polar surface area (TPSA) is 55.5 Å². The standard InChI is InChI=1S/C22H15ClN2O3S/c23-19-6-5-13(29-19)12-25-16-4-2-1-3-15(16)22(21(25)27)8-9-24-18(22)11-17-14(20(24)26)7-10-28-17/h1-7,10-11H,8-9,12H2. The van der Waals surface area contributed by atoms with Crippen molar-refractivity contribution >= 4 is 45.5 Å². The van der Waals surface area contributed by atoms with E-state index >= 15 is 0 Å². The molecular weight excluding hydrogens is 408 g/mol. The lowest BCUT2D eigenvalue weighted by Gasteiger charge is -2.24. The SMILES string of the molecule is O=C1N(Cc2ccc(Cl)s2)c2ccccc2C12CCn1c2cc2occc2c1=O. The van der Waals surface area contributed by atoms with Crippen LogP contribution < -0.4 is 10.5 Å². The molecule has 0 N–H and O–H groups in total. The molecule has 5 nitrogen and oxygen atoms in total. The Labute approximate surface area is 174 Å². The van der Waals surface area contributed by atoms with Gasteiger partial charge in [0, 0.05) is 28.9 Å². The third kappa shape index (κ3) is 2.16. The third-order valence-electron chi connectivity index (χ3n) is 6.08. The summed E-state index contributed by atoms with van der Waals surface area (Å²) >= 11 is 7.57. The molecule has 0 saturated heterocycles. The van der Waals surface area contributed by atoms with E-state index in [9.17, 15) is 9.59 Å². The highest BCUT2D eigenvalue weighted by molar-refractivity contribution is 7.16. The Morgan fingerprint density at radius 2 is 2.00 bits per heavy atom. The van der Waals surface area contributed by atoms with Crippen LogP contribution >= 0.6 is 22.9 Å². The number of thiophene rings is 1. The van der Waals surface area contributed by atoms with Crippen molar-refractivity contribution in [2.75, 3.05) is 4.90 Å². The monoisotopic (exact) mass is 422 g/mol. The zero-order chi connectivity index (χ0) is 19.8. The van der Waals surface area contributed by atoms with Crippen molar-refractivity contribution in [3.05, 3.63) is 85.6 Å². The highest BCUT2D eigenvalue weighted by atomic mass is 35.5. The number of para-hydroxylation sites is 1. The number of hydrogen-bond acceptors (Lipinski definition) is 4. The number of amides is 1. The molecule has 3 aromatic heterocycles. The number of carbonyl (C=O) groups is 1. The molecule has 0 bridgehead atoms. The number of hydrogen-bond donors (Lipinski definition) is 0. The molecule has 0 fully saturated rings. The molecule has 4 aromatic rings. The number of carbonyl (C=O) groups excluding carboxylic acids is 1. The first-order valence-electron chi connectivity index (χ1n) is 9.37. The second-order valence-corrected chi connectivity index (χ2v) is 9.25. The smallest absolute Gasteiger partial charge is 0.261 e. The molecule has 0 aliphatic carbocycles. The Balaban J connectivity index is 1.57. The normalized spacial score (nSPS) is 20.0. The van der Waals surface area contributed by atoms with Gasteiger partial charge >= 0.3 is 0 Å². The fraction of sp³-hybridized carbons (Fsp3) is 0.182. The van der Waals surface area contributed by atoms with Crippen molar-refractivity contribution in [3.8, 4) is 0 Å². The number of nitrogens with zero attached hydrogens (tertiary/aromatic N) is 2. The van der Waals surface area contributed by atoms with Crippen LogP contribution in [-0.4, -0.2) is 10.5 Å². The average molecular weight is 423 g/mol. The Morgan fingerprint density at radius 1 is 1.14 bits per heavy atom. The first-order chi connectivity index (χ1) is 14.1. The van der Waals surface area contributed by atoms with Gasteiger partial charge in [-0.15, -0.1) is 11.3 Å². The molecule has 1 aromatic carbocycles. The second-order valence-electron chi connectivity index (χ2n) is 7.45. The molecule has 0 saturated carbocycles. The number of aromatic nitrogens is 1. The minimum absolute atomic E-state index is 0.000205. The van der Waals surface area contributed by atoms with E-state index in [1.807, 2.05) is 47.4 Å². The fourth-order valence-electron chi connectivity index (χ4n) is 4.81. The molecule has 2 aliphatic rings. The third-order valence-corrected chi connectivity index (χ3v) is 7.30. The summed E-state index contributed by atoms with van der Waals surface area (Å²) in [5.41, 5.74) is 2.12. The number of halogens is 1. The minimum Gasteiger partial charge on any atom is -0.464 e. The number of pyridine rings is 1. The summed E-state index contributed by atoms with van der Waals surface area (Å²) in [5, 5.41) is 0.551. The van der Waals surface area contributed by atoms with Crippen LogP contribution in [0.1, 0.15) is 22.6 Å². The molecule has 7 heteroatoms. The molecule has 29 heavy (non-hydrogen) atoms. The summed E-state index contributed by atoms with van der Waals surface area (Å²) in [6.45, 7) is 0.968. The van der Waals surface area contributed by atoms with Gasteiger partial charge in [0.2, 0.25) is 5.91 Å². The van der Waals surface area contributed by atoms with Crippen molar-refractivity contribution < 1.29 is 9.21 Å². The maximum Gasteiger partial charge on any atom is 0.261 e. The van der Waals surface area contributed by atoms with E-state index in [2.05, 4.69) is 0 Å². The second kappa shape index (κ2) is 5.84. The average Bonchev–Trinajstić information content (AvgIpc) is 3.48. The lowest BCUT2D eigenvalue weighted by molar-refractivity contribution is -0.121. The molecule has 144 valence electrons. The van der Waals surface area contributed by atoms with Crippen LogP contribution in [0.3, 0.4) is 0 Å². The van der Waals surface area contributed by atoms with Gasteiger partial charge < -0.3 is 13.9 Å². The maximum atomic E-state index is 13.9. The molecule has 6 rings (SSSR count). The highest BCUT2D eigenvalue weighted by Crippen LogP contribution is 2.51. The maximum absolute atomic E-state index is 13.9. The van der Waals surface area contributed by atoms with Gasteiger partial charge in [0.15, 0.2) is 0 Å². The Morgan fingerprint density at radius 3 is 2.83 bits per heavy atom. The van der Waals surface area contributed by atoms with Crippen LogP contribution in [-0.2, 0) is 23.3 Å². The first kappa shape index (κ1) is 17.1. The molecule has 1 spiro atoms. The van der Waals surface area contributed by atoms with E-state index in [0.717, 1.165) is 16.1 Å². The summed E-state index contributed by atoms with van der Waals surface area (Å²) in [5.74, 6) is -0.000205. The summed E-state index contributed by atoms with van der Waals surface area (Å²) in [4.78, 5) is 29.7. The number of rotatable bonds is 2. The Kier molecular flexibility index (Phi) is 3.44. The molecule has 2 aliphatic heterocycles. The molecule has 1 unspecified atom stereocenters. The minimum atomic E-state index is -0.863. The van der Waals surface area contributed by atoms with Crippen molar-refractivity contribution in [2.45, 2.75) is 24.9 Å². The van der Waals surface area contributed by atoms with Crippen molar-refractivity contribution in [1.29, 1.82) is 0 Å². The van der Waals surface area contributed by atoms with Gasteiger partial charge in [-0.2, -0.15) is 0 Å². The van der Waals surface area contributed by atoms with Crippen LogP contribution in [0.2, 0.25) is 4.34 Å². The van der Waals surface area contributed by atoms with Gasteiger partial charge in [-0.3, -0.25) is 9.59 Å². The predicted molar refractivity (Wildman–Crippen MR) is 113 cm³/mol. The van der Waals surface area contributed by atoms with E-state index < -0.39 is 5.41 Å². The van der Waals surface area contributed by atoms with Gasteiger partial charge in [0.05, 0.1) is 22.5 Å². The fourth-order valence-corrected chi connectivity index (χ4v) is 5.89. The lowest BCUT2D eigenvalue weighted by atomic mass is 9.77. The zero-order valence-electron chi connectivity index (χ0n) is 15.2.